The molecule has 6 atom stereocenters. The van der Waals surface area contributed by atoms with Gasteiger partial charge in [0.05, 0.1) is 13.0 Å². The molecule has 0 aromatic rings. The minimum atomic E-state index is -1.95. The van der Waals surface area contributed by atoms with Gasteiger partial charge in [-0.1, -0.05) is 232 Å². The number of carbonyl (C=O) groups excluding carboxylic acids is 3. The summed E-state index contributed by atoms with van der Waals surface area (Å²) in [5, 5.41) is 31.5. The summed E-state index contributed by atoms with van der Waals surface area (Å²) in [6, 6.07) is 0. The van der Waals surface area contributed by atoms with Crippen molar-refractivity contribution in [1.82, 2.24) is 0 Å². The highest BCUT2D eigenvalue weighted by Gasteiger charge is 2.50. The maximum absolute atomic E-state index is 13.2. The van der Waals surface area contributed by atoms with Gasteiger partial charge < -0.3 is 39.0 Å². The number of hydrogen-bond acceptors (Lipinski definition) is 11. The Hall–Kier alpha value is -4.88. The standard InChI is InChI=1S/C69H110O12/c1-4-7-10-13-16-19-22-25-28-30-31-33-35-37-40-43-46-49-52-55-61(70)77-58-60(79-62(71)56-53-50-47-44-41-39-36-32-29-26-23-20-17-14-11-8-5-2)59-78-69-67(65(74)64(73)66(81-69)68(75)76)80-63(72)57-54-51-48-45-42-38-34-27-24-21-18-15-12-9-6-3/h8-9,11-12,17-18,20-21,25-29,34,36,39,42,45,51,54,60,64-67,69,73-74H,4-7,10,13-16,19,22-24,30-33,35,37-38,40-41,43-44,46-50,52-53,55-59H2,1-3H3,(H,75,76)/b11-8-,12-9-,20-17-,21-18-,28-25-,29-26-,34-27-,39-36-,45-42-,54-51-. The monoisotopic (exact) mass is 1130 g/mol. The molecule has 6 unspecified atom stereocenters. The summed E-state index contributed by atoms with van der Waals surface area (Å²) in [7, 11) is 0. The van der Waals surface area contributed by atoms with E-state index in [9.17, 15) is 34.5 Å². The molecule has 0 aliphatic carbocycles. The summed E-state index contributed by atoms with van der Waals surface area (Å²) < 4.78 is 28.3. The molecule has 458 valence electrons. The average molecular weight is 1130 g/mol. The maximum atomic E-state index is 13.2. The first-order chi connectivity index (χ1) is 39.6. The summed E-state index contributed by atoms with van der Waals surface area (Å²) in [6.07, 6.45) is 64.7. The van der Waals surface area contributed by atoms with Crippen LogP contribution in [0.3, 0.4) is 0 Å². The highest BCUT2D eigenvalue weighted by atomic mass is 16.7. The SMILES string of the molecule is CC/C=C\C/C=C\C/C=C\C/C=C\C/C=C\CC(=O)OC1C(OCC(COC(=O)CCCCCCCCCCC/C=C\CCCCCCCC)OC(=O)CCCCCC/C=C\C/C=C\C/C=C\C/C=C\CC)OC(C(=O)O)C(O)C1O. The molecule has 0 aromatic heterocycles. The lowest BCUT2D eigenvalue weighted by Gasteiger charge is -2.40. The summed E-state index contributed by atoms with van der Waals surface area (Å²) in [5.74, 6) is -3.33. The Labute approximate surface area is 490 Å². The number of carboxylic acids is 1. The fourth-order valence-corrected chi connectivity index (χ4v) is 8.78. The van der Waals surface area contributed by atoms with Gasteiger partial charge in [-0.15, -0.1) is 0 Å². The molecule has 1 aliphatic rings. The zero-order valence-corrected chi connectivity index (χ0v) is 50.5. The Morgan fingerprint density at radius 1 is 0.432 bits per heavy atom. The van der Waals surface area contributed by atoms with Crippen LogP contribution in [0, 0.1) is 0 Å². The normalized spacial score (nSPS) is 18.6. The Kier molecular flexibility index (Phi) is 50.9. The number of carboxylic acid groups (broad SMARTS) is 1. The van der Waals surface area contributed by atoms with E-state index in [1.807, 2.05) is 12.2 Å². The minimum absolute atomic E-state index is 0.118. The van der Waals surface area contributed by atoms with Crippen LogP contribution in [0.5, 0.6) is 0 Å². The third kappa shape index (κ3) is 45.3. The summed E-state index contributed by atoms with van der Waals surface area (Å²) >= 11 is 0. The molecule has 81 heavy (non-hydrogen) atoms. The van der Waals surface area contributed by atoms with Crippen molar-refractivity contribution in [2.45, 2.75) is 276 Å². The number of esters is 3. The van der Waals surface area contributed by atoms with E-state index in [-0.39, 0.29) is 25.9 Å². The lowest BCUT2D eigenvalue weighted by molar-refractivity contribution is -0.301. The van der Waals surface area contributed by atoms with Crippen molar-refractivity contribution >= 4 is 23.9 Å². The summed E-state index contributed by atoms with van der Waals surface area (Å²) in [4.78, 5) is 51.2. The molecule has 1 fully saturated rings. The number of carbonyl (C=O) groups is 4. The lowest BCUT2D eigenvalue weighted by atomic mass is 9.98. The number of allylic oxidation sites excluding steroid dienone is 19. The average Bonchev–Trinajstić information content (AvgIpc) is 3.53. The molecule has 3 N–H and O–H groups in total. The highest BCUT2D eigenvalue weighted by molar-refractivity contribution is 5.74. The van der Waals surface area contributed by atoms with Crippen LogP contribution in [-0.2, 0) is 42.9 Å². The van der Waals surface area contributed by atoms with Crippen molar-refractivity contribution in [1.29, 1.82) is 0 Å². The van der Waals surface area contributed by atoms with E-state index in [0.717, 1.165) is 96.3 Å². The van der Waals surface area contributed by atoms with Crippen LogP contribution in [-0.4, -0.2) is 89.2 Å². The Balaban J connectivity index is 2.73. The van der Waals surface area contributed by atoms with Crippen LogP contribution >= 0.6 is 0 Å². The number of rotatable bonds is 52. The molecule has 0 radical (unpaired) electrons. The molecule has 1 saturated heterocycles. The second kappa shape index (κ2) is 55.6. The van der Waals surface area contributed by atoms with Crippen molar-refractivity contribution in [2.75, 3.05) is 13.2 Å². The van der Waals surface area contributed by atoms with Gasteiger partial charge in [-0.25, -0.2) is 4.79 Å². The van der Waals surface area contributed by atoms with Crippen LogP contribution in [0.25, 0.3) is 0 Å². The van der Waals surface area contributed by atoms with Crippen LogP contribution in [0.1, 0.15) is 239 Å². The molecule has 1 rings (SSSR count). The second-order valence-corrected chi connectivity index (χ2v) is 20.9. The third-order valence-electron chi connectivity index (χ3n) is 13.5. The van der Waals surface area contributed by atoms with Crippen molar-refractivity contribution in [3.8, 4) is 0 Å². The quantitative estimate of drug-likeness (QED) is 0.0228. The summed E-state index contributed by atoms with van der Waals surface area (Å²) in [6.45, 7) is 5.70. The smallest absolute Gasteiger partial charge is 0.335 e. The van der Waals surface area contributed by atoms with E-state index in [1.165, 1.54) is 83.5 Å². The molecule has 0 amide bonds. The number of aliphatic hydroxyl groups is 2. The topological polar surface area (TPSA) is 175 Å². The number of aliphatic hydroxyl groups excluding tert-OH is 2. The Bertz CT molecular complexity index is 1870. The van der Waals surface area contributed by atoms with E-state index < -0.39 is 67.3 Å². The van der Waals surface area contributed by atoms with E-state index >= 15 is 0 Å². The number of unbranched alkanes of at least 4 members (excludes halogenated alkanes) is 19. The van der Waals surface area contributed by atoms with E-state index in [4.69, 9.17) is 23.7 Å². The number of ether oxygens (including phenoxy) is 5. The lowest BCUT2D eigenvalue weighted by Crippen LogP contribution is -2.61. The molecule has 0 spiro atoms. The first-order valence-corrected chi connectivity index (χ1v) is 31.5. The molecular weight excluding hydrogens is 1020 g/mol. The van der Waals surface area contributed by atoms with E-state index in [2.05, 4.69) is 118 Å². The molecule has 12 heteroatoms. The van der Waals surface area contributed by atoms with Crippen molar-refractivity contribution in [3.05, 3.63) is 122 Å². The predicted octanol–water partition coefficient (Wildman–Crippen LogP) is 16.8. The molecule has 0 aromatic carbocycles. The van der Waals surface area contributed by atoms with Crippen molar-refractivity contribution in [2.24, 2.45) is 0 Å². The second-order valence-electron chi connectivity index (χ2n) is 20.9. The zero-order chi connectivity index (χ0) is 58.9. The van der Waals surface area contributed by atoms with Gasteiger partial charge in [0.15, 0.2) is 24.6 Å². The van der Waals surface area contributed by atoms with Gasteiger partial charge in [0, 0.05) is 12.8 Å². The predicted molar refractivity (Wildman–Crippen MR) is 330 cm³/mol. The number of hydrogen-bond donors (Lipinski definition) is 3. The summed E-state index contributed by atoms with van der Waals surface area (Å²) in [5.41, 5.74) is 0. The van der Waals surface area contributed by atoms with E-state index in [0.29, 0.717) is 19.3 Å². The molecule has 1 heterocycles. The molecule has 0 bridgehead atoms. The van der Waals surface area contributed by atoms with E-state index in [1.54, 1.807) is 12.2 Å². The molecule has 1 aliphatic heterocycles. The third-order valence-corrected chi connectivity index (χ3v) is 13.5. The zero-order valence-electron chi connectivity index (χ0n) is 50.5. The fourth-order valence-electron chi connectivity index (χ4n) is 8.78. The number of aliphatic carboxylic acids is 1. The minimum Gasteiger partial charge on any atom is -0.479 e. The molecule has 12 nitrogen and oxygen atoms in total. The highest BCUT2D eigenvalue weighted by Crippen LogP contribution is 2.26. The molecular formula is C69H110O12. The van der Waals surface area contributed by atoms with Gasteiger partial charge in [-0.3, -0.25) is 14.4 Å². The fraction of sp³-hybridized carbons (Fsp3) is 0.652. The van der Waals surface area contributed by atoms with Gasteiger partial charge in [-0.05, 0) is 109 Å². The van der Waals surface area contributed by atoms with Crippen LogP contribution in [0.4, 0.5) is 0 Å². The van der Waals surface area contributed by atoms with Crippen molar-refractivity contribution < 1.29 is 58.2 Å². The largest absolute Gasteiger partial charge is 0.479 e. The molecule has 0 saturated carbocycles. The van der Waals surface area contributed by atoms with Gasteiger partial charge in [0.25, 0.3) is 0 Å². The van der Waals surface area contributed by atoms with Crippen LogP contribution in [0.2, 0.25) is 0 Å². The first kappa shape index (κ1) is 74.1. The first-order valence-electron chi connectivity index (χ1n) is 31.5. The van der Waals surface area contributed by atoms with Gasteiger partial charge in [0.1, 0.15) is 18.8 Å². The van der Waals surface area contributed by atoms with Gasteiger partial charge >= 0.3 is 23.9 Å². The van der Waals surface area contributed by atoms with Gasteiger partial charge in [-0.2, -0.15) is 0 Å². The van der Waals surface area contributed by atoms with Crippen molar-refractivity contribution in [3.63, 3.8) is 0 Å². The Morgan fingerprint density at radius 3 is 1.26 bits per heavy atom. The Morgan fingerprint density at radius 2 is 0.815 bits per heavy atom. The van der Waals surface area contributed by atoms with Crippen LogP contribution < -0.4 is 0 Å². The maximum Gasteiger partial charge on any atom is 0.335 e. The van der Waals surface area contributed by atoms with Crippen LogP contribution in [0.15, 0.2) is 122 Å². The van der Waals surface area contributed by atoms with Gasteiger partial charge in [0.2, 0.25) is 0 Å².